The van der Waals surface area contributed by atoms with Gasteiger partial charge in [0.1, 0.15) is 6.61 Å². The zero-order valence-electron chi connectivity index (χ0n) is 10.4. The van der Waals surface area contributed by atoms with Crippen LogP contribution in [0, 0.1) is 12.3 Å². The number of ether oxygens (including phenoxy) is 1. The number of carboxylic acids is 1. The normalized spacial score (nSPS) is 9.42. The maximum Gasteiger partial charge on any atom is 0.410 e. The highest BCUT2D eigenvalue weighted by molar-refractivity contribution is 5.70. The first-order chi connectivity index (χ1) is 9.13. The Balaban J connectivity index is 2.48. The third-order valence-corrected chi connectivity index (χ3v) is 2.34. The first-order valence-electron chi connectivity index (χ1n) is 5.74. The molecule has 0 aromatic heterocycles. The Morgan fingerprint density at radius 1 is 1.32 bits per heavy atom. The standard InChI is InChI=1S/C14H15NO4/c1-2-9-15(10-8-13(16)17)14(18)19-11-12-6-4-3-5-7-12/h1,3-7H,8-11H2,(H,16,17). The van der Waals surface area contributed by atoms with Gasteiger partial charge in [-0.2, -0.15) is 0 Å². The lowest BCUT2D eigenvalue weighted by Crippen LogP contribution is -2.33. The summed E-state index contributed by atoms with van der Waals surface area (Å²) in [5.74, 6) is 1.31. The first-order valence-corrected chi connectivity index (χ1v) is 5.74. The predicted molar refractivity (Wildman–Crippen MR) is 69.3 cm³/mol. The number of carbonyl (C=O) groups is 2. The molecule has 0 saturated carbocycles. The van der Waals surface area contributed by atoms with E-state index in [2.05, 4.69) is 5.92 Å². The molecule has 19 heavy (non-hydrogen) atoms. The van der Waals surface area contributed by atoms with Crippen LogP contribution in [-0.4, -0.2) is 35.2 Å². The Morgan fingerprint density at radius 3 is 2.58 bits per heavy atom. The van der Waals surface area contributed by atoms with Crippen molar-refractivity contribution in [2.24, 2.45) is 0 Å². The number of rotatable bonds is 6. The van der Waals surface area contributed by atoms with Crippen molar-refractivity contribution in [3.63, 3.8) is 0 Å². The summed E-state index contributed by atoms with van der Waals surface area (Å²) in [5.41, 5.74) is 0.856. The number of carboxylic acid groups (broad SMARTS) is 1. The summed E-state index contributed by atoms with van der Waals surface area (Å²) in [6.07, 6.45) is 4.36. The molecule has 0 saturated heterocycles. The fraction of sp³-hybridized carbons (Fsp3) is 0.286. The van der Waals surface area contributed by atoms with Crippen LogP contribution in [0.1, 0.15) is 12.0 Å². The van der Waals surface area contributed by atoms with E-state index in [9.17, 15) is 9.59 Å². The molecular weight excluding hydrogens is 246 g/mol. The SMILES string of the molecule is C#CCN(CCC(=O)O)C(=O)OCc1ccccc1. The van der Waals surface area contributed by atoms with Gasteiger partial charge in [0.15, 0.2) is 0 Å². The molecule has 1 rings (SSSR count). The fourth-order valence-corrected chi connectivity index (χ4v) is 1.39. The van der Waals surface area contributed by atoms with Crippen LogP contribution in [0.15, 0.2) is 30.3 Å². The summed E-state index contributed by atoms with van der Waals surface area (Å²) < 4.78 is 5.07. The molecule has 0 aliphatic rings. The maximum atomic E-state index is 11.7. The Bertz CT molecular complexity index is 464. The number of benzene rings is 1. The van der Waals surface area contributed by atoms with Gasteiger partial charge in [-0.15, -0.1) is 6.42 Å². The van der Waals surface area contributed by atoms with E-state index < -0.39 is 12.1 Å². The summed E-state index contributed by atoms with van der Waals surface area (Å²) in [5, 5.41) is 8.59. The third-order valence-electron chi connectivity index (χ3n) is 2.34. The summed E-state index contributed by atoms with van der Waals surface area (Å²) in [6, 6.07) is 9.20. The molecule has 0 aliphatic carbocycles. The molecular formula is C14H15NO4. The molecule has 0 aliphatic heterocycles. The van der Waals surface area contributed by atoms with Gasteiger partial charge >= 0.3 is 12.1 Å². The van der Waals surface area contributed by atoms with Gasteiger partial charge in [-0.3, -0.25) is 9.69 Å². The van der Waals surface area contributed by atoms with E-state index in [0.717, 1.165) is 5.56 Å². The smallest absolute Gasteiger partial charge is 0.410 e. The van der Waals surface area contributed by atoms with Crippen molar-refractivity contribution in [1.29, 1.82) is 0 Å². The zero-order chi connectivity index (χ0) is 14.1. The molecule has 1 aromatic carbocycles. The molecule has 0 bridgehead atoms. The second-order valence-electron chi connectivity index (χ2n) is 3.81. The fourth-order valence-electron chi connectivity index (χ4n) is 1.39. The van der Waals surface area contributed by atoms with E-state index in [1.54, 1.807) is 0 Å². The maximum absolute atomic E-state index is 11.7. The Hall–Kier alpha value is -2.48. The average Bonchev–Trinajstić information content (AvgIpc) is 2.41. The molecule has 1 amide bonds. The molecule has 1 aromatic rings. The van der Waals surface area contributed by atoms with Crippen molar-refractivity contribution in [2.45, 2.75) is 13.0 Å². The highest BCUT2D eigenvalue weighted by Gasteiger charge is 2.15. The third kappa shape index (κ3) is 5.59. The number of hydrogen-bond donors (Lipinski definition) is 1. The van der Waals surface area contributed by atoms with Gasteiger partial charge < -0.3 is 9.84 Å². The lowest BCUT2D eigenvalue weighted by Gasteiger charge is -2.18. The van der Waals surface area contributed by atoms with E-state index in [1.165, 1.54) is 4.90 Å². The second-order valence-corrected chi connectivity index (χ2v) is 3.81. The van der Waals surface area contributed by atoms with Crippen molar-refractivity contribution in [3.8, 4) is 12.3 Å². The van der Waals surface area contributed by atoms with E-state index >= 15 is 0 Å². The van der Waals surface area contributed by atoms with Crippen LogP contribution in [0.3, 0.4) is 0 Å². The second kappa shape index (κ2) is 7.77. The molecule has 5 heteroatoms. The van der Waals surface area contributed by atoms with Crippen LogP contribution >= 0.6 is 0 Å². The van der Waals surface area contributed by atoms with Crippen molar-refractivity contribution in [3.05, 3.63) is 35.9 Å². The van der Waals surface area contributed by atoms with E-state index in [4.69, 9.17) is 16.3 Å². The van der Waals surface area contributed by atoms with Crippen LogP contribution < -0.4 is 0 Å². The lowest BCUT2D eigenvalue weighted by molar-refractivity contribution is -0.137. The van der Waals surface area contributed by atoms with Gasteiger partial charge in [0.25, 0.3) is 0 Å². The molecule has 100 valence electrons. The zero-order valence-corrected chi connectivity index (χ0v) is 10.4. The topological polar surface area (TPSA) is 66.8 Å². The van der Waals surface area contributed by atoms with E-state index in [0.29, 0.717) is 0 Å². The number of amides is 1. The highest BCUT2D eigenvalue weighted by Crippen LogP contribution is 2.03. The minimum atomic E-state index is -0.988. The minimum Gasteiger partial charge on any atom is -0.481 e. The molecule has 1 N–H and O–H groups in total. The number of carbonyl (C=O) groups excluding carboxylic acids is 1. The highest BCUT2D eigenvalue weighted by atomic mass is 16.6. The van der Waals surface area contributed by atoms with Crippen LogP contribution in [0.5, 0.6) is 0 Å². The molecule has 0 unspecified atom stereocenters. The summed E-state index contributed by atoms with van der Waals surface area (Å²) in [6.45, 7) is 0.196. The van der Waals surface area contributed by atoms with Crippen molar-refractivity contribution in [2.75, 3.05) is 13.1 Å². The van der Waals surface area contributed by atoms with Crippen LogP contribution in [0.2, 0.25) is 0 Å². The van der Waals surface area contributed by atoms with Crippen molar-refractivity contribution < 1.29 is 19.4 Å². The molecule has 0 atom stereocenters. The van der Waals surface area contributed by atoms with E-state index in [-0.39, 0.29) is 26.1 Å². The van der Waals surface area contributed by atoms with Crippen LogP contribution in [0.25, 0.3) is 0 Å². The van der Waals surface area contributed by atoms with Gasteiger partial charge in [-0.25, -0.2) is 4.79 Å². The number of nitrogens with zero attached hydrogens (tertiary/aromatic N) is 1. The summed E-state index contributed by atoms with van der Waals surface area (Å²) in [4.78, 5) is 23.4. The van der Waals surface area contributed by atoms with Gasteiger partial charge in [0.2, 0.25) is 0 Å². The monoisotopic (exact) mass is 261 g/mol. The molecule has 5 nitrogen and oxygen atoms in total. The number of terminal acetylenes is 1. The number of aliphatic carboxylic acids is 1. The molecule has 0 fully saturated rings. The summed E-state index contributed by atoms with van der Waals surface area (Å²) >= 11 is 0. The van der Waals surface area contributed by atoms with Gasteiger partial charge in [-0.1, -0.05) is 36.3 Å². The number of hydrogen-bond acceptors (Lipinski definition) is 3. The Labute approximate surface area is 111 Å². The quantitative estimate of drug-likeness (QED) is 0.792. The Morgan fingerprint density at radius 2 is 2.00 bits per heavy atom. The van der Waals surface area contributed by atoms with Gasteiger partial charge in [0.05, 0.1) is 13.0 Å². The van der Waals surface area contributed by atoms with Gasteiger partial charge in [-0.05, 0) is 5.56 Å². The first kappa shape index (κ1) is 14.6. The van der Waals surface area contributed by atoms with Crippen molar-refractivity contribution in [1.82, 2.24) is 4.90 Å². The molecule has 0 heterocycles. The Kier molecular flexibility index (Phi) is 5.96. The lowest BCUT2D eigenvalue weighted by atomic mass is 10.2. The molecule has 0 spiro atoms. The molecule has 0 radical (unpaired) electrons. The predicted octanol–water partition coefficient (Wildman–Crippen LogP) is 1.73. The average molecular weight is 261 g/mol. The van der Waals surface area contributed by atoms with Crippen molar-refractivity contribution >= 4 is 12.1 Å². The minimum absolute atomic E-state index is 0.0287. The van der Waals surface area contributed by atoms with Crippen LogP contribution in [-0.2, 0) is 16.1 Å². The summed E-state index contributed by atoms with van der Waals surface area (Å²) in [7, 11) is 0. The van der Waals surface area contributed by atoms with Crippen LogP contribution in [0.4, 0.5) is 4.79 Å². The van der Waals surface area contributed by atoms with Gasteiger partial charge in [0, 0.05) is 6.54 Å². The van der Waals surface area contributed by atoms with E-state index in [1.807, 2.05) is 30.3 Å². The largest absolute Gasteiger partial charge is 0.481 e.